The molecule has 7 heteroatoms. The topological polar surface area (TPSA) is 42.2 Å². The van der Waals surface area contributed by atoms with Crippen molar-refractivity contribution in [2.75, 3.05) is 13.4 Å². The van der Waals surface area contributed by atoms with Crippen LogP contribution in [0.4, 0.5) is 13.2 Å². The molecule has 0 aliphatic rings. The van der Waals surface area contributed by atoms with Gasteiger partial charge in [-0.25, -0.2) is 0 Å². The molecule has 0 atom stereocenters. The molecule has 92 valence electrons. The Labute approximate surface area is 100 Å². The molecule has 0 aliphatic carbocycles. The van der Waals surface area contributed by atoms with Crippen LogP contribution in [-0.4, -0.2) is 19.6 Å². The Morgan fingerprint density at radius 1 is 1.35 bits per heavy atom. The van der Waals surface area contributed by atoms with E-state index in [1.165, 1.54) is 18.2 Å². The zero-order valence-electron chi connectivity index (χ0n) is 8.42. The van der Waals surface area contributed by atoms with Crippen LogP contribution < -0.4 is 4.74 Å². The molecular formula is C10H7ClF3NO2. The van der Waals surface area contributed by atoms with Crippen molar-refractivity contribution >= 4 is 11.6 Å². The van der Waals surface area contributed by atoms with Crippen molar-refractivity contribution in [2.45, 2.75) is 6.18 Å². The summed E-state index contributed by atoms with van der Waals surface area (Å²) in [6.07, 6.45) is -4.41. The van der Waals surface area contributed by atoms with Gasteiger partial charge in [-0.05, 0) is 12.1 Å². The molecule has 0 amide bonds. The summed E-state index contributed by atoms with van der Waals surface area (Å²) >= 11 is 5.65. The second-order valence-electron chi connectivity index (χ2n) is 2.98. The predicted molar refractivity (Wildman–Crippen MR) is 53.7 cm³/mol. The minimum absolute atomic E-state index is 0.0853. The molecule has 1 rings (SSSR count). The van der Waals surface area contributed by atoms with E-state index in [2.05, 4.69) is 4.74 Å². The van der Waals surface area contributed by atoms with Gasteiger partial charge in [0.05, 0.1) is 5.56 Å². The molecule has 17 heavy (non-hydrogen) atoms. The van der Waals surface area contributed by atoms with E-state index in [9.17, 15) is 13.2 Å². The smallest absolute Gasteiger partial charge is 0.411 e. The highest BCUT2D eigenvalue weighted by atomic mass is 35.5. The lowest BCUT2D eigenvalue weighted by Crippen LogP contribution is -2.19. The van der Waals surface area contributed by atoms with E-state index in [4.69, 9.17) is 21.6 Å². The van der Waals surface area contributed by atoms with Crippen molar-refractivity contribution < 1.29 is 22.6 Å². The number of benzene rings is 1. The van der Waals surface area contributed by atoms with Crippen molar-refractivity contribution in [3.05, 3.63) is 28.8 Å². The number of nitriles is 1. The molecule has 0 aromatic heterocycles. The molecule has 0 spiro atoms. The van der Waals surface area contributed by atoms with Gasteiger partial charge in [0.25, 0.3) is 0 Å². The molecule has 3 nitrogen and oxygen atoms in total. The maximum atomic E-state index is 11.7. The molecule has 0 fully saturated rings. The summed E-state index contributed by atoms with van der Waals surface area (Å²) in [5.74, 6) is 0.0853. The Balaban J connectivity index is 2.52. The summed E-state index contributed by atoms with van der Waals surface area (Å²) in [5, 5.41) is 9.02. The average Bonchev–Trinajstić information content (AvgIpc) is 2.23. The van der Waals surface area contributed by atoms with Gasteiger partial charge in [0.2, 0.25) is 0 Å². The van der Waals surface area contributed by atoms with Crippen LogP contribution in [0.15, 0.2) is 18.2 Å². The molecule has 0 N–H and O–H groups in total. The first-order valence-electron chi connectivity index (χ1n) is 4.39. The first-order valence-corrected chi connectivity index (χ1v) is 4.77. The van der Waals surface area contributed by atoms with Crippen LogP contribution in [-0.2, 0) is 4.74 Å². The van der Waals surface area contributed by atoms with E-state index >= 15 is 0 Å². The van der Waals surface area contributed by atoms with Crippen LogP contribution in [0, 0.1) is 11.3 Å². The van der Waals surface area contributed by atoms with Crippen molar-refractivity contribution in [3.63, 3.8) is 0 Å². The molecule has 0 aliphatic heterocycles. The Morgan fingerprint density at radius 2 is 2.06 bits per heavy atom. The van der Waals surface area contributed by atoms with Crippen LogP contribution in [0.1, 0.15) is 5.56 Å². The van der Waals surface area contributed by atoms with Gasteiger partial charge in [0, 0.05) is 11.1 Å². The highest BCUT2D eigenvalue weighted by Gasteiger charge is 2.27. The molecule has 0 saturated heterocycles. The zero-order chi connectivity index (χ0) is 12.9. The number of nitrogens with zero attached hydrogens (tertiary/aromatic N) is 1. The third-order valence-electron chi connectivity index (χ3n) is 1.63. The van der Waals surface area contributed by atoms with Crippen LogP contribution in [0.5, 0.6) is 5.75 Å². The highest BCUT2D eigenvalue weighted by molar-refractivity contribution is 6.30. The Kier molecular flexibility index (Phi) is 4.61. The summed E-state index contributed by atoms with van der Waals surface area (Å²) in [4.78, 5) is 0. The number of rotatable bonds is 4. The van der Waals surface area contributed by atoms with Gasteiger partial charge in [-0.1, -0.05) is 11.6 Å². The zero-order valence-corrected chi connectivity index (χ0v) is 9.18. The molecule has 0 unspecified atom stereocenters. The highest BCUT2D eigenvalue weighted by Crippen LogP contribution is 2.23. The molecule has 0 radical (unpaired) electrons. The van der Waals surface area contributed by atoms with Crippen LogP contribution >= 0.6 is 11.6 Å². The minimum atomic E-state index is -4.41. The van der Waals surface area contributed by atoms with Crippen LogP contribution in [0.3, 0.4) is 0 Å². The fourth-order valence-corrected chi connectivity index (χ4v) is 1.13. The van der Waals surface area contributed by atoms with Crippen molar-refractivity contribution in [1.29, 1.82) is 5.26 Å². The van der Waals surface area contributed by atoms with Gasteiger partial charge in [-0.3, -0.25) is 0 Å². The van der Waals surface area contributed by atoms with Crippen LogP contribution in [0.25, 0.3) is 0 Å². The number of ether oxygens (including phenoxy) is 2. The first kappa shape index (κ1) is 13.6. The summed E-state index contributed by atoms with van der Waals surface area (Å²) in [5.41, 5.74) is 0.171. The first-order chi connectivity index (χ1) is 7.92. The lowest BCUT2D eigenvalue weighted by atomic mass is 10.2. The maximum Gasteiger partial charge on any atom is 0.411 e. The van der Waals surface area contributed by atoms with Gasteiger partial charge < -0.3 is 9.47 Å². The lowest BCUT2D eigenvalue weighted by molar-refractivity contribution is -0.186. The number of halogens is 4. The van der Waals surface area contributed by atoms with E-state index in [1.807, 2.05) is 6.07 Å². The summed E-state index contributed by atoms with van der Waals surface area (Å²) in [6, 6.07) is 6.03. The molecule has 0 heterocycles. The normalized spacial score (nSPS) is 11.0. The average molecular weight is 266 g/mol. The third-order valence-corrected chi connectivity index (χ3v) is 1.86. The minimum Gasteiger partial charge on any atom is -0.466 e. The molecule has 0 bridgehead atoms. The Morgan fingerprint density at radius 3 is 2.65 bits per heavy atom. The van der Waals surface area contributed by atoms with Gasteiger partial charge in [-0.2, -0.15) is 18.4 Å². The second-order valence-corrected chi connectivity index (χ2v) is 3.41. The van der Waals surface area contributed by atoms with Gasteiger partial charge in [0.1, 0.15) is 18.4 Å². The Hall–Kier alpha value is -1.45. The van der Waals surface area contributed by atoms with Crippen molar-refractivity contribution in [1.82, 2.24) is 0 Å². The number of hydrogen-bond acceptors (Lipinski definition) is 3. The number of alkyl halides is 3. The van der Waals surface area contributed by atoms with Crippen molar-refractivity contribution in [3.8, 4) is 11.8 Å². The number of hydrogen-bond donors (Lipinski definition) is 0. The lowest BCUT2D eigenvalue weighted by Gasteiger charge is -2.10. The van der Waals surface area contributed by atoms with E-state index < -0.39 is 19.6 Å². The van der Waals surface area contributed by atoms with Gasteiger partial charge in [0.15, 0.2) is 6.79 Å². The standard InChI is InChI=1S/C10H7ClF3NO2/c11-8-2-1-7(4-15)9(3-8)17-6-16-5-10(12,13)14/h1-3H,5-6H2. The largest absolute Gasteiger partial charge is 0.466 e. The third kappa shape index (κ3) is 4.93. The fraction of sp³-hybridized carbons (Fsp3) is 0.300. The van der Waals surface area contributed by atoms with Gasteiger partial charge >= 0.3 is 6.18 Å². The van der Waals surface area contributed by atoms with Crippen molar-refractivity contribution in [2.24, 2.45) is 0 Å². The molecular weight excluding hydrogens is 259 g/mol. The molecule has 0 saturated carbocycles. The second kappa shape index (κ2) is 5.75. The van der Waals surface area contributed by atoms with E-state index in [1.54, 1.807) is 0 Å². The Bertz CT molecular complexity index is 429. The van der Waals surface area contributed by atoms with E-state index in [0.717, 1.165) is 0 Å². The predicted octanol–water partition coefficient (Wildman–Crippen LogP) is 3.13. The molecule has 1 aromatic rings. The van der Waals surface area contributed by atoms with Gasteiger partial charge in [-0.15, -0.1) is 0 Å². The summed E-state index contributed by atoms with van der Waals surface area (Å²) in [6.45, 7) is -2.01. The maximum absolute atomic E-state index is 11.7. The van der Waals surface area contributed by atoms with Crippen LogP contribution in [0.2, 0.25) is 5.02 Å². The summed E-state index contributed by atoms with van der Waals surface area (Å²) < 4.78 is 44.3. The molecule has 1 aromatic carbocycles. The van der Waals surface area contributed by atoms with E-state index in [0.29, 0.717) is 5.02 Å². The summed E-state index contributed by atoms with van der Waals surface area (Å²) in [7, 11) is 0. The van der Waals surface area contributed by atoms with E-state index in [-0.39, 0.29) is 11.3 Å². The fourth-order valence-electron chi connectivity index (χ4n) is 0.971. The monoisotopic (exact) mass is 265 g/mol. The SMILES string of the molecule is N#Cc1ccc(Cl)cc1OCOCC(F)(F)F. The quantitative estimate of drug-likeness (QED) is 0.620.